The molecule has 11 heavy (non-hydrogen) atoms. The Kier molecular flexibility index (Phi) is 3.66. The number of rotatable bonds is 3. The molecular formula is C8H9OS2-. The maximum Gasteiger partial charge on any atom is 0.118 e. The summed E-state index contributed by atoms with van der Waals surface area (Å²) in [6.45, 7) is 0. The Morgan fingerprint density at radius 2 is 2.00 bits per heavy atom. The van der Waals surface area contributed by atoms with Gasteiger partial charge in [-0.2, -0.15) is 0 Å². The number of benzene rings is 1. The zero-order valence-electron chi connectivity index (χ0n) is 6.24. The van der Waals surface area contributed by atoms with Crippen LogP contribution >= 0.6 is 10.8 Å². The lowest BCUT2D eigenvalue weighted by atomic mass is 10.2. The van der Waals surface area contributed by atoms with Gasteiger partial charge in [-0.25, -0.2) is 0 Å². The Morgan fingerprint density at radius 3 is 2.45 bits per heavy atom. The predicted octanol–water partition coefficient (Wildman–Crippen LogP) is 2.39. The molecule has 0 aliphatic carbocycles. The topological polar surface area (TPSA) is 9.23 Å². The Labute approximate surface area is 76.0 Å². The Hall–Kier alpha value is -0.280. The molecule has 0 atom stereocenters. The quantitative estimate of drug-likeness (QED) is 0.528. The highest BCUT2D eigenvalue weighted by Gasteiger charge is 1.89. The fraction of sp³-hybridized carbons (Fsp3) is 0.250. The van der Waals surface area contributed by atoms with Gasteiger partial charge in [-0.1, -0.05) is 12.1 Å². The molecule has 3 heteroatoms. The highest BCUT2D eigenvalue weighted by molar-refractivity contribution is 8.58. The molecule has 1 aromatic carbocycles. The van der Waals surface area contributed by atoms with Crippen LogP contribution in [-0.2, 0) is 17.4 Å². The molecule has 0 amide bonds. The second-order valence-corrected chi connectivity index (χ2v) is 3.34. The van der Waals surface area contributed by atoms with Crippen molar-refractivity contribution in [3.05, 3.63) is 29.8 Å². The number of methoxy groups -OCH3 is 1. The van der Waals surface area contributed by atoms with Crippen LogP contribution in [0.1, 0.15) is 5.56 Å². The Balaban J connectivity index is 2.66. The predicted molar refractivity (Wildman–Crippen MR) is 51.7 cm³/mol. The van der Waals surface area contributed by atoms with Crippen molar-refractivity contribution < 1.29 is 4.74 Å². The minimum absolute atomic E-state index is 0.888. The van der Waals surface area contributed by atoms with E-state index in [4.69, 9.17) is 16.4 Å². The smallest absolute Gasteiger partial charge is 0.118 e. The number of ether oxygens (including phenoxy) is 1. The van der Waals surface area contributed by atoms with Crippen LogP contribution in [0.4, 0.5) is 0 Å². The standard InChI is InChI=1S/C8H10OS2/c1-9-8-4-2-7(3-5-8)6-11-10/h2-5,10H,6H2,1H3/p-1. The monoisotopic (exact) mass is 185 g/mol. The van der Waals surface area contributed by atoms with Gasteiger partial charge >= 0.3 is 0 Å². The third kappa shape index (κ3) is 2.67. The van der Waals surface area contributed by atoms with Crippen molar-refractivity contribution in [3.8, 4) is 5.75 Å². The lowest BCUT2D eigenvalue weighted by Gasteiger charge is -2.05. The second kappa shape index (κ2) is 4.57. The first-order valence-corrected chi connectivity index (χ1v) is 5.15. The average molecular weight is 185 g/mol. The van der Waals surface area contributed by atoms with Crippen LogP contribution in [0.2, 0.25) is 0 Å². The van der Waals surface area contributed by atoms with Crippen molar-refractivity contribution in [2.24, 2.45) is 0 Å². The van der Waals surface area contributed by atoms with E-state index in [1.54, 1.807) is 7.11 Å². The molecule has 0 unspecified atom stereocenters. The van der Waals surface area contributed by atoms with E-state index < -0.39 is 0 Å². The molecule has 60 valence electrons. The molecule has 0 fully saturated rings. The first kappa shape index (κ1) is 8.81. The zero-order chi connectivity index (χ0) is 8.10. The van der Waals surface area contributed by atoms with Gasteiger partial charge in [-0.05, 0) is 23.4 Å². The largest absolute Gasteiger partial charge is 0.719 e. The van der Waals surface area contributed by atoms with Crippen LogP contribution in [0.25, 0.3) is 0 Å². The van der Waals surface area contributed by atoms with Crippen LogP contribution in [0.15, 0.2) is 24.3 Å². The van der Waals surface area contributed by atoms with E-state index in [0.717, 1.165) is 11.5 Å². The number of hydrogen-bond donors (Lipinski definition) is 0. The van der Waals surface area contributed by atoms with Crippen molar-refractivity contribution in [2.45, 2.75) is 5.75 Å². The molecule has 0 spiro atoms. The van der Waals surface area contributed by atoms with E-state index in [1.165, 1.54) is 16.4 Å². The van der Waals surface area contributed by atoms with Crippen LogP contribution in [-0.4, -0.2) is 7.11 Å². The Bertz CT molecular complexity index is 208. The van der Waals surface area contributed by atoms with Gasteiger partial charge < -0.3 is 27.2 Å². The number of hydrogen-bond acceptors (Lipinski definition) is 3. The third-order valence-electron chi connectivity index (χ3n) is 1.38. The fourth-order valence-electron chi connectivity index (χ4n) is 0.790. The SMILES string of the molecule is COc1ccc(CS[S-])cc1. The van der Waals surface area contributed by atoms with Crippen molar-refractivity contribution >= 4 is 22.5 Å². The summed E-state index contributed by atoms with van der Waals surface area (Å²) in [5.41, 5.74) is 1.24. The van der Waals surface area contributed by atoms with Crippen LogP contribution < -0.4 is 4.74 Å². The van der Waals surface area contributed by atoms with E-state index in [1.807, 2.05) is 24.3 Å². The van der Waals surface area contributed by atoms with Gasteiger partial charge in [0, 0.05) is 0 Å². The molecule has 0 saturated carbocycles. The maximum absolute atomic E-state index is 5.01. The van der Waals surface area contributed by atoms with Crippen molar-refractivity contribution in [1.82, 2.24) is 0 Å². The fourth-order valence-corrected chi connectivity index (χ4v) is 1.53. The van der Waals surface area contributed by atoms with Gasteiger partial charge in [0.25, 0.3) is 0 Å². The zero-order valence-corrected chi connectivity index (χ0v) is 7.87. The molecule has 1 aromatic rings. The molecule has 0 heterocycles. The van der Waals surface area contributed by atoms with Gasteiger partial charge in [0.05, 0.1) is 7.11 Å². The molecule has 0 N–H and O–H groups in total. The van der Waals surface area contributed by atoms with Gasteiger partial charge in [0.1, 0.15) is 5.75 Å². The summed E-state index contributed by atoms with van der Waals surface area (Å²) in [7, 11) is 3.07. The molecule has 0 radical (unpaired) electrons. The van der Waals surface area contributed by atoms with E-state index >= 15 is 0 Å². The summed E-state index contributed by atoms with van der Waals surface area (Å²) in [6.07, 6.45) is 0. The summed E-state index contributed by atoms with van der Waals surface area (Å²) in [5, 5.41) is 0. The minimum Gasteiger partial charge on any atom is -0.719 e. The van der Waals surface area contributed by atoms with Crippen molar-refractivity contribution in [3.63, 3.8) is 0 Å². The second-order valence-electron chi connectivity index (χ2n) is 2.11. The van der Waals surface area contributed by atoms with E-state index in [9.17, 15) is 0 Å². The summed E-state index contributed by atoms with van der Waals surface area (Å²) >= 11 is 4.78. The molecule has 0 aromatic heterocycles. The summed E-state index contributed by atoms with van der Waals surface area (Å²) < 4.78 is 5.01. The summed E-state index contributed by atoms with van der Waals surface area (Å²) in [5.74, 6) is 1.78. The molecule has 0 aliphatic heterocycles. The van der Waals surface area contributed by atoms with Crippen molar-refractivity contribution in [2.75, 3.05) is 7.11 Å². The first-order chi connectivity index (χ1) is 5.36. The normalized spacial score (nSPS) is 9.64. The van der Waals surface area contributed by atoms with Gasteiger partial charge in [-0.3, -0.25) is 0 Å². The summed E-state index contributed by atoms with van der Waals surface area (Å²) in [4.78, 5) is 0. The Morgan fingerprint density at radius 1 is 1.36 bits per heavy atom. The minimum atomic E-state index is 0.888. The highest BCUT2D eigenvalue weighted by Crippen LogP contribution is 2.14. The third-order valence-corrected chi connectivity index (χ3v) is 2.19. The molecule has 0 bridgehead atoms. The van der Waals surface area contributed by atoms with Gasteiger partial charge in [0.15, 0.2) is 0 Å². The van der Waals surface area contributed by atoms with Crippen LogP contribution in [0.3, 0.4) is 0 Å². The van der Waals surface area contributed by atoms with E-state index in [2.05, 4.69) is 0 Å². The van der Waals surface area contributed by atoms with Crippen molar-refractivity contribution in [1.29, 1.82) is 0 Å². The van der Waals surface area contributed by atoms with E-state index in [0.29, 0.717) is 0 Å². The molecule has 0 aliphatic rings. The van der Waals surface area contributed by atoms with Crippen LogP contribution in [0.5, 0.6) is 5.75 Å². The lowest BCUT2D eigenvalue weighted by molar-refractivity contribution is 0.414. The van der Waals surface area contributed by atoms with Crippen LogP contribution in [0, 0.1) is 0 Å². The van der Waals surface area contributed by atoms with E-state index in [-0.39, 0.29) is 0 Å². The highest BCUT2D eigenvalue weighted by atomic mass is 33.1. The molecule has 1 nitrogen and oxygen atoms in total. The first-order valence-electron chi connectivity index (χ1n) is 3.24. The molecule has 0 saturated heterocycles. The lowest BCUT2D eigenvalue weighted by Crippen LogP contribution is -1.83. The molecular weight excluding hydrogens is 176 g/mol. The maximum atomic E-state index is 5.01. The average Bonchev–Trinajstić information content (AvgIpc) is 2.07. The van der Waals surface area contributed by atoms with Gasteiger partial charge in [0.2, 0.25) is 0 Å². The van der Waals surface area contributed by atoms with Gasteiger partial charge in [-0.15, -0.1) is 0 Å². The molecule has 1 rings (SSSR count). The summed E-state index contributed by atoms with van der Waals surface area (Å²) in [6, 6.07) is 7.94.